The highest BCUT2D eigenvalue weighted by Crippen LogP contribution is 2.35. The van der Waals surface area contributed by atoms with Crippen molar-refractivity contribution in [3.05, 3.63) is 58.1 Å². The highest BCUT2D eigenvalue weighted by atomic mass is 79.9. The minimum atomic E-state index is 0.747. The zero-order valence-corrected chi connectivity index (χ0v) is 13.9. The Kier molecular flexibility index (Phi) is 4.49. The highest BCUT2D eigenvalue weighted by molar-refractivity contribution is 9.10. The van der Waals surface area contributed by atoms with Gasteiger partial charge in [-0.25, -0.2) is 0 Å². The fourth-order valence-corrected chi connectivity index (χ4v) is 3.61. The normalized spacial score (nSPS) is 14.5. The van der Waals surface area contributed by atoms with Gasteiger partial charge >= 0.3 is 0 Å². The molecule has 3 heteroatoms. The van der Waals surface area contributed by atoms with Crippen LogP contribution < -0.4 is 5.32 Å². The van der Waals surface area contributed by atoms with E-state index in [-0.39, 0.29) is 0 Å². The predicted octanol–water partition coefficient (Wildman–Crippen LogP) is 5.16. The van der Waals surface area contributed by atoms with E-state index in [1.54, 1.807) is 0 Å². The quantitative estimate of drug-likeness (QED) is 0.801. The summed E-state index contributed by atoms with van der Waals surface area (Å²) in [5, 5.41) is 3.62. The number of benzene rings is 2. The molecule has 1 saturated carbocycles. The second kappa shape index (κ2) is 6.33. The van der Waals surface area contributed by atoms with E-state index in [0.29, 0.717) is 0 Å². The van der Waals surface area contributed by atoms with Crippen LogP contribution in [0.25, 0.3) is 0 Å². The van der Waals surface area contributed by atoms with E-state index in [2.05, 4.69) is 70.6 Å². The summed E-state index contributed by atoms with van der Waals surface area (Å²) in [5.74, 6) is 0. The van der Waals surface area contributed by atoms with Gasteiger partial charge in [0.1, 0.15) is 0 Å². The molecule has 1 N–H and O–H groups in total. The van der Waals surface area contributed by atoms with Crippen molar-refractivity contribution in [3.8, 4) is 0 Å². The Morgan fingerprint density at radius 2 is 1.95 bits per heavy atom. The zero-order valence-electron chi connectivity index (χ0n) is 11.5. The number of hydrogen-bond donors (Lipinski definition) is 1. The molecular weight excluding hydrogens is 330 g/mol. The third kappa shape index (κ3) is 3.66. The van der Waals surface area contributed by atoms with Gasteiger partial charge in [0.05, 0.1) is 0 Å². The summed E-state index contributed by atoms with van der Waals surface area (Å²) < 4.78 is 1.16. The van der Waals surface area contributed by atoms with Crippen molar-refractivity contribution in [3.63, 3.8) is 0 Å². The minimum absolute atomic E-state index is 0.747. The first-order valence-corrected chi connectivity index (χ1v) is 8.58. The Labute approximate surface area is 133 Å². The van der Waals surface area contributed by atoms with E-state index in [1.807, 2.05) is 11.8 Å². The van der Waals surface area contributed by atoms with Crippen molar-refractivity contribution in [1.29, 1.82) is 0 Å². The maximum Gasteiger partial charge on any atom is 0.0314 e. The van der Waals surface area contributed by atoms with Crippen molar-refractivity contribution >= 4 is 27.7 Å². The van der Waals surface area contributed by atoms with Gasteiger partial charge in [0.2, 0.25) is 0 Å². The number of halogens is 1. The molecule has 0 aliphatic heterocycles. The van der Waals surface area contributed by atoms with Crippen LogP contribution in [0.15, 0.2) is 56.7 Å². The SMILES string of the molecule is Cc1ccc(Sc2ccccc2Br)c(CNC2CC2)c1. The number of rotatable bonds is 5. The molecule has 1 fully saturated rings. The molecule has 1 aliphatic rings. The van der Waals surface area contributed by atoms with Crippen LogP contribution in [0.4, 0.5) is 0 Å². The molecule has 0 atom stereocenters. The van der Waals surface area contributed by atoms with Gasteiger partial charge < -0.3 is 5.32 Å². The summed E-state index contributed by atoms with van der Waals surface area (Å²) >= 11 is 5.46. The minimum Gasteiger partial charge on any atom is -0.310 e. The molecule has 1 aliphatic carbocycles. The van der Waals surface area contributed by atoms with E-state index < -0.39 is 0 Å². The molecule has 3 rings (SSSR count). The second-order valence-electron chi connectivity index (χ2n) is 5.30. The molecule has 0 spiro atoms. The second-order valence-corrected chi connectivity index (χ2v) is 7.24. The van der Waals surface area contributed by atoms with Crippen LogP contribution in [0.1, 0.15) is 24.0 Å². The lowest BCUT2D eigenvalue weighted by atomic mass is 10.1. The van der Waals surface area contributed by atoms with E-state index in [9.17, 15) is 0 Å². The highest BCUT2D eigenvalue weighted by Gasteiger charge is 2.20. The van der Waals surface area contributed by atoms with Crippen LogP contribution in [0, 0.1) is 6.92 Å². The van der Waals surface area contributed by atoms with E-state index in [4.69, 9.17) is 0 Å². The molecular formula is C17H18BrNS. The van der Waals surface area contributed by atoms with Gasteiger partial charge in [0.25, 0.3) is 0 Å². The fraction of sp³-hybridized carbons (Fsp3) is 0.294. The van der Waals surface area contributed by atoms with E-state index in [1.165, 1.54) is 33.8 Å². The van der Waals surface area contributed by atoms with Crippen LogP contribution in [0.2, 0.25) is 0 Å². The zero-order chi connectivity index (χ0) is 13.9. The van der Waals surface area contributed by atoms with Crippen LogP contribution in [0.5, 0.6) is 0 Å². The summed E-state index contributed by atoms with van der Waals surface area (Å²) in [7, 11) is 0. The number of nitrogens with one attached hydrogen (secondary N) is 1. The summed E-state index contributed by atoms with van der Waals surface area (Å²) in [6, 6.07) is 15.9. The van der Waals surface area contributed by atoms with Gasteiger partial charge in [-0.05, 0) is 59.5 Å². The van der Waals surface area contributed by atoms with Crippen LogP contribution in [-0.4, -0.2) is 6.04 Å². The summed E-state index contributed by atoms with van der Waals surface area (Å²) in [5.41, 5.74) is 2.73. The Hall–Kier alpha value is -0.770. The standard InChI is InChI=1S/C17H18BrNS/c1-12-6-9-16(13(10-12)11-19-14-7-8-14)20-17-5-3-2-4-15(17)18/h2-6,9-10,14,19H,7-8,11H2,1H3. The van der Waals surface area contributed by atoms with Gasteiger partial charge in [0, 0.05) is 26.9 Å². The van der Waals surface area contributed by atoms with Gasteiger partial charge in [-0.1, -0.05) is 41.6 Å². The molecule has 0 heterocycles. The van der Waals surface area contributed by atoms with E-state index >= 15 is 0 Å². The maximum absolute atomic E-state index is 3.63. The Morgan fingerprint density at radius 3 is 2.70 bits per heavy atom. The van der Waals surface area contributed by atoms with E-state index in [0.717, 1.165) is 17.1 Å². The predicted molar refractivity (Wildman–Crippen MR) is 89.3 cm³/mol. The first-order chi connectivity index (χ1) is 9.72. The maximum atomic E-state index is 3.63. The first kappa shape index (κ1) is 14.2. The lowest BCUT2D eigenvalue weighted by molar-refractivity contribution is 0.680. The van der Waals surface area contributed by atoms with Gasteiger partial charge in [-0.3, -0.25) is 0 Å². The molecule has 0 amide bonds. The molecule has 20 heavy (non-hydrogen) atoms. The fourth-order valence-electron chi connectivity index (χ4n) is 2.13. The van der Waals surface area contributed by atoms with Crippen molar-refractivity contribution in [2.24, 2.45) is 0 Å². The third-order valence-corrected chi connectivity index (χ3v) is 5.58. The average Bonchev–Trinajstić information content (AvgIpc) is 3.25. The smallest absolute Gasteiger partial charge is 0.0314 e. The van der Waals surface area contributed by atoms with Crippen LogP contribution >= 0.6 is 27.7 Å². The molecule has 0 saturated heterocycles. The summed E-state index contributed by atoms with van der Waals surface area (Å²) in [6.07, 6.45) is 2.66. The van der Waals surface area contributed by atoms with Crippen molar-refractivity contribution in [1.82, 2.24) is 5.32 Å². The molecule has 2 aromatic rings. The average molecular weight is 348 g/mol. The largest absolute Gasteiger partial charge is 0.310 e. The number of aryl methyl sites for hydroxylation is 1. The Bertz CT molecular complexity index is 608. The van der Waals surface area contributed by atoms with Crippen LogP contribution in [-0.2, 0) is 6.54 Å². The molecule has 0 bridgehead atoms. The summed E-state index contributed by atoms with van der Waals surface area (Å²) in [6.45, 7) is 3.13. The van der Waals surface area contributed by atoms with Gasteiger partial charge in [0.15, 0.2) is 0 Å². The topological polar surface area (TPSA) is 12.0 Å². The first-order valence-electron chi connectivity index (χ1n) is 6.97. The molecule has 104 valence electrons. The molecule has 0 radical (unpaired) electrons. The van der Waals surface area contributed by atoms with Crippen molar-refractivity contribution in [2.45, 2.75) is 42.1 Å². The third-order valence-electron chi connectivity index (χ3n) is 3.43. The van der Waals surface area contributed by atoms with Gasteiger partial charge in [-0.15, -0.1) is 0 Å². The molecule has 2 aromatic carbocycles. The Morgan fingerprint density at radius 1 is 1.15 bits per heavy atom. The molecule has 1 nitrogen and oxygen atoms in total. The monoisotopic (exact) mass is 347 g/mol. The lowest BCUT2D eigenvalue weighted by Gasteiger charge is -2.12. The van der Waals surface area contributed by atoms with Crippen LogP contribution in [0.3, 0.4) is 0 Å². The Balaban J connectivity index is 1.82. The van der Waals surface area contributed by atoms with Gasteiger partial charge in [-0.2, -0.15) is 0 Å². The molecule has 0 unspecified atom stereocenters. The lowest BCUT2D eigenvalue weighted by Crippen LogP contribution is -2.15. The van der Waals surface area contributed by atoms with Crippen molar-refractivity contribution in [2.75, 3.05) is 0 Å². The molecule has 0 aromatic heterocycles. The summed E-state index contributed by atoms with van der Waals surface area (Å²) in [4.78, 5) is 2.61. The number of hydrogen-bond acceptors (Lipinski definition) is 2. The van der Waals surface area contributed by atoms with Crippen molar-refractivity contribution < 1.29 is 0 Å².